The van der Waals surface area contributed by atoms with Gasteiger partial charge in [0.1, 0.15) is 12.4 Å². The molecule has 0 aliphatic heterocycles. The summed E-state index contributed by atoms with van der Waals surface area (Å²) in [5.41, 5.74) is 3.57. The summed E-state index contributed by atoms with van der Waals surface area (Å²) in [5.74, 6) is 1.96. The van der Waals surface area contributed by atoms with Gasteiger partial charge in [0, 0.05) is 10.9 Å². The monoisotopic (exact) mass is 659 g/mol. The molecule has 0 unspecified atom stereocenters. The first-order chi connectivity index (χ1) is 17.4. The van der Waals surface area contributed by atoms with Gasteiger partial charge in [-0.3, -0.25) is 4.79 Å². The number of aryl methyl sites for hydroxylation is 2. The van der Waals surface area contributed by atoms with Crippen LogP contribution in [0.4, 0.5) is 0 Å². The van der Waals surface area contributed by atoms with Crippen LogP contribution in [0.5, 0.6) is 11.5 Å². The molecule has 0 atom stereocenters. The summed E-state index contributed by atoms with van der Waals surface area (Å²) < 4.78 is 15.2. The van der Waals surface area contributed by atoms with Gasteiger partial charge in [-0.25, -0.2) is 4.98 Å². The van der Waals surface area contributed by atoms with E-state index in [-0.39, 0.29) is 5.56 Å². The first-order valence-corrected chi connectivity index (χ1v) is 13.7. The summed E-state index contributed by atoms with van der Waals surface area (Å²) in [6, 6.07) is 17.6. The van der Waals surface area contributed by atoms with Gasteiger partial charge in [0.15, 0.2) is 11.5 Å². The van der Waals surface area contributed by atoms with Crippen LogP contribution in [0.1, 0.15) is 42.8 Å². The Balaban J connectivity index is 1.68. The molecule has 8 heteroatoms. The lowest BCUT2D eigenvalue weighted by Crippen LogP contribution is -2.22. The number of halogens is 2. The lowest BCUT2D eigenvalue weighted by atomic mass is 10.2. The number of rotatable bonds is 9. The van der Waals surface area contributed by atoms with E-state index in [1.807, 2.05) is 31.2 Å². The maximum atomic E-state index is 13.3. The van der Waals surface area contributed by atoms with E-state index in [1.54, 1.807) is 12.3 Å². The van der Waals surface area contributed by atoms with Crippen molar-refractivity contribution in [1.82, 2.24) is 9.66 Å². The van der Waals surface area contributed by atoms with E-state index >= 15 is 0 Å². The van der Waals surface area contributed by atoms with Gasteiger partial charge in [-0.2, -0.15) is 9.78 Å². The van der Waals surface area contributed by atoms with Crippen molar-refractivity contribution in [3.8, 4) is 11.5 Å². The first-order valence-electron chi connectivity index (χ1n) is 11.8. The topological polar surface area (TPSA) is 65.7 Å². The first kappa shape index (κ1) is 26.3. The van der Waals surface area contributed by atoms with Gasteiger partial charge >= 0.3 is 0 Å². The number of nitrogens with zero attached hydrogens (tertiary/aromatic N) is 3. The minimum atomic E-state index is -0.196. The second-order valence-electron chi connectivity index (χ2n) is 8.34. The molecule has 0 radical (unpaired) electrons. The average Bonchev–Trinajstić information content (AvgIpc) is 2.85. The van der Waals surface area contributed by atoms with Gasteiger partial charge in [-0.05, 0) is 84.3 Å². The van der Waals surface area contributed by atoms with Gasteiger partial charge in [-0.15, -0.1) is 0 Å². The molecule has 0 N–H and O–H groups in total. The molecule has 0 aliphatic rings. The molecule has 36 heavy (non-hydrogen) atoms. The van der Waals surface area contributed by atoms with Gasteiger partial charge in [0.2, 0.25) is 0 Å². The number of ether oxygens (including phenoxy) is 2. The number of hydrogen-bond donors (Lipinski definition) is 0. The number of fused-ring (bicyclic) bond motifs is 1. The zero-order valence-corrected chi connectivity index (χ0v) is 24.2. The smallest absolute Gasteiger partial charge is 0.282 e. The van der Waals surface area contributed by atoms with E-state index in [4.69, 9.17) is 14.5 Å². The fourth-order valence-electron chi connectivity index (χ4n) is 3.73. The van der Waals surface area contributed by atoms with Crippen molar-refractivity contribution in [3.05, 3.63) is 95.5 Å². The lowest BCUT2D eigenvalue weighted by molar-refractivity contribution is 0.267. The second-order valence-corrected chi connectivity index (χ2v) is 10.4. The SMILES string of the molecule is CCCc1nc2ccc(Br)cc2c(=O)n1N=Cc1cc(I)c(OCc2ccc(C)cc2)c(OCC)c1. The molecule has 0 aliphatic carbocycles. The Morgan fingerprint density at radius 3 is 2.58 bits per heavy atom. The summed E-state index contributed by atoms with van der Waals surface area (Å²) >= 11 is 5.69. The average molecular weight is 660 g/mol. The van der Waals surface area contributed by atoms with E-state index in [1.165, 1.54) is 10.2 Å². The molecular weight excluding hydrogens is 633 g/mol. The van der Waals surface area contributed by atoms with Gasteiger partial charge in [0.25, 0.3) is 5.56 Å². The minimum absolute atomic E-state index is 0.196. The highest BCUT2D eigenvalue weighted by Crippen LogP contribution is 2.34. The molecule has 0 spiro atoms. The van der Waals surface area contributed by atoms with E-state index < -0.39 is 0 Å². The van der Waals surface area contributed by atoms with Crippen LogP contribution in [0, 0.1) is 10.5 Å². The van der Waals surface area contributed by atoms with Crippen molar-refractivity contribution >= 4 is 55.6 Å². The molecule has 0 bridgehead atoms. The second kappa shape index (κ2) is 12.0. The standard InChI is InChI=1S/C28H27BrIN3O3/c1-4-6-26-32-24-12-11-21(29)15-22(24)28(34)33(26)31-16-20-13-23(30)27(25(14-20)35-5-2)36-17-19-9-7-18(3)8-10-19/h7-16H,4-6,17H2,1-3H3. The third-order valence-electron chi connectivity index (χ3n) is 5.51. The molecule has 0 amide bonds. The number of aromatic nitrogens is 2. The summed E-state index contributed by atoms with van der Waals surface area (Å²) in [7, 11) is 0. The van der Waals surface area contributed by atoms with Crippen LogP contribution >= 0.6 is 38.5 Å². The fraction of sp³-hybridized carbons (Fsp3) is 0.250. The van der Waals surface area contributed by atoms with Crippen molar-refractivity contribution in [2.45, 2.75) is 40.2 Å². The molecular formula is C28H27BrIN3O3. The van der Waals surface area contributed by atoms with Crippen LogP contribution < -0.4 is 15.0 Å². The molecule has 3 aromatic carbocycles. The quantitative estimate of drug-likeness (QED) is 0.145. The Kier molecular flexibility index (Phi) is 8.79. The lowest BCUT2D eigenvalue weighted by Gasteiger charge is -2.15. The van der Waals surface area contributed by atoms with Crippen LogP contribution in [0.2, 0.25) is 0 Å². The molecule has 4 rings (SSSR count). The highest BCUT2D eigenvalue weighted by molar-refractivity contribution is 14.1. The predicted molar refractivity (Wildman–Crippen MR) is 157 cm³/mol. The summed E-state index contributed by atoms with van der Waals surface area (Å²) in [5, 5.41) is 5.07. The molecule has 186 valence electrons. The summed E-state index contributed by atoms with van der Waals surface area (Å²) in [6.07, 6.45) is 3.16. The largest absolute Gasteiger partial charge is 0.490 e. The van der Waals surface area contributed by atoms with Crippen LogP contribution in [-0.4, -0.2) is 22.5 Å². The third-order valence-corrected chi connectivity index (χ3v) is 6.80. The van der Waals surface area contributed by atoms with Gasteiger partial charge < -0.3 is 9.47 Å². The van der Waals surface area contributed by atoms with Gasteiger partial charge in [-0.1, -0.05) is 52.7 Å². The maximum Gasteiger partial charge on any atom is 0.282 e. The Labute approximate surface area is 232 Å². The maximum absolute atomic E-state index is 13.3. The summed E-state index contributed by atoms with van der Waals surface area (Å²) in [4.78, 5) is 18.0. The van der Waals surface area contributed by atoms with Crippen LogP contribution in [-0.2, 0) is 13.0 Å². The molecule has 1 heterocycles. The number of hydrogen-bond acceptors (Lipinski definition) is 5. The fourth-order valence-corrected chi connectivity index (χ4v) is 4.87. The van der Waals surface area contributed by atoms with Gasteiger partial charge in [0.05, 0.1) is 27.3 Å². The van der Waals surface area contributed by atoms with Crippen molar-refractivity contribution in [3.63, 3.8) is 0 Å². The Bertz CT molecular complexity index is 1470. The molecule has 4 aromatic rings. The van der Waals surface area contributed by atoms with Crippen molar-refractivity contribution in [2.24, 2.45) is 5.10 Å². The zero-order chi connectivity index (χ0) is 25.7. The van der Waals surface area contributed by atoms with Crippen LogP contribution in [0.3, 0.4) is 0 Å². The molecule has 0 saturated heterocycles. The van der Waals surface area contributed by atoms with E-state index in [2.05, 4.69) is 81.7 Å². The molecule has 1 aromatic heterocycles. The van der Waals surface area contributed by atoms with Crippen molar-refractivity contribution < 1.29 is 9.47 Å². The predicted octanol–water partition coefficient (Wildman–Crippen LogP) is 6.88. The molecule has 0 fully saturated rings. The molecule has 6 nitrogen and oxygen atoms in total. The van der Waals surface area contributed by atoms with E-state index in [9.17, 15) is 4.79 Å². The summed E-state index contributed by atoms with van der Waals surface area (Å²) in [6.45, 7) is 7.00. The van der Waals surface area contributed by atoms with Crippen LogP contribution in [0.15, 0.2) is 69.0 Å². The highest BCUT2D eigenvalue weighted by atomic mass is 127. The molecule has 0 saturated carbocycles. The van der Waals surface area contributed by atoms with Crippen LogP contribution in [0.25, 0.3) is 10.9 Å². The number of benzene rings is 3. The minimum Gasteiger partial charge on any atom is -0.490 e. The normalized spacial score (nSPS) is 11.4. The van der Waals surface area contributed by atoms with Crippen molar-refractivity contribution in [2.75, 3.05) is 6.61 Å². The van der Waals surface area contributed by atoms with E-state index in [0.29, 0.717) is 47.9 Å². The zero-order valence-electron chi connectivity index (χ0n) is 20.4. The third kappa shape index (κ3) is 6.15. The van der Waals surface area contributed by atoms with E-state index in [0.717, 1.165) is 25.6 Å². The van der Waals surface area contributed by atoms with Crippen molar-refractivity contribution in [1.29, 1.82) is 0 Å². The Morgan fingerprint density at radius 1 is 1.08 bits per heavy atom. The Hall–Kier alpha value is -2.72. The Morgan fingerprint density at radius 2 is 1.86 bits per heavy atom. The highest BCUT2D eigenvalue weighted by Gasteiger charge is 2.14.